The Kier molecular flexibility index (Phi) is 4.35. The third-order valence-electron chi connectivity index (χ3n) is 2.01. The zero-order chi connectivity index (χ0) is 12.0. The first-order chi connectivity index (χ1) is 7.60. The number of rotatable bonds is 5. The summed E-state index contributed by atoms with van der Waals surface area (Å²) in [6.45, 7) is 0.257. The third kappa shape index (κ3) is 3.26. The van der Waals surface area contributed by atoms with Crippen LogP contribution in [0.2, 0.25) is 0 Å². The lowest BCUT2D eigenvalue weighted by Crippen LogP contribution is -2.24. The van der Waals surface area contributed by atoms with Crippen molar-refractivity contribution in [1.82, 2.24) is 4.72 Å². The van der Waals surface area contributed by atoms with Crippen LogP contribution in [0.25, 0.3) is 0 Å². The Balaban J connectivity index is 2.78. The minimum Gasteiger partial charge on any atom is -0.388 e. The molecule has 1 rings (SSSR count). The number of benzene rings is 1. The van der Waals surface area contributed by atoms with E-state index < -0.39 is 10.0 Å². The first-order valence-electron chi connectivity index (χ1n) is 4.81. The second-order valence-electron chi connectivity index (χ2n) is 3.13. The number of hydrogen-bond acceptors (Lipinski definition) is 3. The highest BCUT2D eigenvalue weighted by atomic mass is 32.2. The molecule has 0 aliphatic heterocycles. The van der Waals surface area contributed by atoms with Crippen molar-refractivity contribution in [2.75, 3.05) is 18.9 Å². The fraction of sp³-hybridized carbons (Fsp3) is 0.273. The Bertz CT molecular complexity index is 472. The summed E-state index contributed by atoms with van der Waals surface area (Å²) in [6.07, 6.45) is 5.42. The molecule has 4 nitrogen and oxygen atoms in total. The van der Waals surface area contributed by atoms with Crippen LogP contribution in [0.15, 0.2) is 29.2 Å². The van der Waals surface area contributed by atoms with Crippen molar-refractivity contribution in [3.05, 3.63) is 24.3 Å². The lowest BCUT2D eigenvalue weighted by atomic mass is 10.3. The molecule has 16 heavy (non-hydrogen) atoms. The molecular weight excluding hydrogens is 224 g/mol. The maximum atomic E-state index is 11.7. The summed E-state index contributed by atoms with van der Waals surface area (Å²) in [5.74, 6) is 2.37. The minimum atomic E-state index is -3.43. The summed E-state index contributed by atoms with van der Waals surface area (Å²) in [7, 11) is -1.66. The van der Waals surface area contributed by atoms with Crippen molar-refractivity contribution in [2.45, 2.75) is 11.3 Å². The molecule has 0 unspecified atom stereocenters. The van der Waals surface area contributed by atoms with Gasteiger partial charge in [0.1, 0.15) is 0 Å². The van der Waals surface area contributed by atoms with Crippen LogP contribution >= 0.6 is 0 Å². The van der Waals surface area contributed by atoms with E-state index >= 15 is 0 Å². The van der Waals surface area contributed by atoms with Crippen LogP contribution in [0, 0.1) is 12.3 Å². The highest BCUT2D eigenvalue weighted by molar-refractivity contribution is 7.89. The van der Waals surface area contributed by atoms with Crippen LogP contribution < -0.4 is 10.0 Å². The molecule has 0 heterocycles. The molecule has 1 aromatic rings. The van der Waals surface area contributed by atoms with Crippen LogP contribution in [0.4, 0.5) is 5.69 Å². The molecule has 0 aliphatic carbocycles. The van der Waals surface area contributed by atoms with Crippen LogP contribution in [0.5, 0.6) is 0 Å². The first-order valence-corrected chi connectivity index (χ1v) is 6.29. The van der Waals surface area contributed by atoms with Gasteiger partial charge in [0.2, 0.25) is 10.0 Å². The lowest BCUT2D eigenvalue weighted by molar-refractivity contribution is 0.582. The number of anilines is 1. The van der Waals surface area contributed by atoms with E-state index in [1.54, 1.807) is 31.3 Å². The minimum absolute atomic E-state index is 0.239. The van der Waals surface area contributed by atoms with Crippen molar-refractivity contribution in [1.29, 1.82) is 0 Å². The van der Waals surface area contributed by atoms with Crippen molar-refractivity contribution in [3.8, 4) is 12.3 Å². The SMILES string of the molecule is C#CCCNS(=O)(=O)c1ccc(NC)cc1. The van der Waals surface area contributed by atoms with Gasteiger partial charge in [0.25, 0.3) is 0 Å². The average molecular weight is 238 g/mol. The molecule has 0 saturated carbocycles. The zero-order valence-corrected chi connectivity index (χ0v) is 9.84. The van der Waals surface area contributed by atoms with Gasteiger partial charge in [-0.05, 0) is 24.3 Å². The van der Waals surface area contributed by atoms with Crippen LogP contribution in [-0.4, -0.2) is 22.0 Å². The van der Waals surface area contributed by atoms with Gasteiger partial charge in [-0.2, -0.15) is 0 Å². The van der Waals surface area contributed by atoms with Crippen molar-refractivity contribution >= 4 is 15.7 Å². The molecule has 0 amide bonds. The van der Waals surface area contributed by atoms with Gasteiger partial charge < -0.3 is 5.32 Å². The van der Waals surface area contributed by atoms with E-state index in [0.717, 1.165) is 5.69 Å². The molecule has 0 spiro atoms. The summed E-state index contributed by atoms with van der Waals surface area (Å²) in [5, 5.41) is 2.92. The monoisotopic (exact) mass is 238 g/mol. The van der Waals surface area contributed by atoms with Crippen molar-refractivity contribution in [2.24, 2.45) is 0 Å². The van der Waals surface area contributed by atoms with E-state index in [1.165, 1.54) is 0 Å². The summed E-state index contributed by atoms with van der Waals surface area (Å²) >= 11 is 0. The maximum absolute atomic E-state index is 11.7. The van der Waals surface area contributed by atoms with Crippen LogP contribution in [0.1, 0.15) is 6.42 Å². The van der Waals surface area contributed by atoms with Crippen molar-refractivity contribution in [3.63, 3.8) is 0 Å². The molecule has 5 heteroatoms. The third-order valence-corrected chi connectivity index (χ3v) is 3.49. The molecule has 0 bridgehead atoms. The van der Waals surface area contributed by atoms with Gasteiger partial charge in [-0.1, -0.05) is 0 Å². The Morgan fingerprint density at radius 3 is 2.44 bits per heavy atom. The second-order valence-corrected chi connectivity index (χ2v) is 4.89. The summed E-state index contributed by atoms with van der Waals surface area (Å²) < 4.78 is 25.8. The number of nitrogens with one attached hydrogen (secondary N) is 2. The van der Waals surface area contributed by atoms with Gasteiger partial charge in [-0.25, -0.2) is 13.1 Å². The number of sulfonamides is 1. The quantitative estimate of drug-likeness (QED) is 0.595. The topological polar surface area (TPSA) is 58.2 Å². The van der Waals surface area contributed by atoms with E-state index in [4.69, 9.17) is 6.42 Å². The summed E-state index contributed by atoms with van der Waals surface area (Å²) in [6, 6.07) is 6.50. The molecule has 0 fully saturated rings. The fourth-order valence-corrected chi connectivity index (χ4v) is 2.17. The Hall–Kier alpha value is -1.51. The largest absolute Gasteiger partial charge is 0.388 e. The predicted octanol–water partition coefficient (Wildman–Crippen LogP) is 1.03. The van der Waals surface area contributed by atoms with E-state index in [1.807, 2.05) is 0 Å². The average Bonchev–Trinajstić information content (AvgIpc) is 2.29. The smallest absolute Gasteiger partial charge is 0.240 e. The van der Waals surface area contributed by atoms with E-state index in [-0.39, 0.29) is 11.4 Å². The van der Waals surface area contributed by atoms with Gasteiger partial charge in [0, 0.05) is 25.7 Å². The molecule has 86 valence electrons. The van der Waals surface area contributed by atoms with Gasteiger partial charge in [-0.15, -0.1) is 12.3 Å². The number of terminal acetylenes is 1. The predicted molar refractivity (Wildman–Crippen MR) is 64.6 cm³/mol. The Morgan fingerprint density at radius 2 is 1.94 bits per heavy atom. The van der Waals surface area contributed by atoms with Gasteiger partial charge in [0.05, 0.1) is 4.90 Å². The normalized spacial score (nSPS) is 10.8. The Morgan fingerprint density at radius 1 is 1.31 bits per heavy atom. The molecule has 1 aromatic carbocycles. The van der Waals surface area contributed by atoms with E-state index in [0.29, 0.717) is 6.42 Å². The standard InChI is InChI=1S/C11H14N2O2S/c1-3-4-9-13-16(14,15)11-7-5-10(12-2)6-8-11/h1,5-8,12-13H,4,9H2,2H3. The van der Waals surface area contributed by atoms with E-state index in [2.05, 4.69) is 16.0 Å². The molecular formula is C11H14N2O2S. The summed E-state index contributed by atoms with van der Waals surface area (Å²) in [4.78, 5) is 0.239. The second kappa shape index (κ2) is 5.54. The highest BCUT2D eigenvalue weighted by Gasteiger charge is 2.12. The van der Waals surface area contributed by atoms with Crippen LogP contribution in [0.3, 0.4) is 0 Å². The van der Waals surface area contributed by atoms with Gasteiger partial charge in [0.15, 0.2) is 0 Å². The maximum Gasteiger partial charge on any atom is 0.240 e. The van der Waals surface area contributed by atoms with Gasteiger partial charge >= 0.3 is 0 Å². The highest BCUT2D eigenvalue weighted by Crippen LogP contribution is 2.13. The molecule has 2 N–H and O–H groups in total. The Labute approximate surface area is 96.1 Å². The van der Waals surface area contributed by atoms with Gasteiger partial charge in [-0.3, -0.25) is 0 Å². The molecule has 0 aliphatic rings. The summed E-state index contributed by atoms with van der Waals surface area (Å²) in [5.41, 5.74) is 0.863. The van der Waals surface area contributed by atoms with Crippen LogP contribution in [-0.2, 0) is 10.0 Å². The van der Waals surface area contributed by atoms with E-state index in [9.17, 15) is 8.42 Å². The lowest BCUT2D eigenvalue weighted by Gasteiger charge is -2.06. The molecule has 0 radical (unpaired) electrons. The molecule has 0 saturated heterocycles. The molecule has 0 atom stereocenters. The fourth-order valence-electron chi connectivity index (χ4n) is 1.14. The van der Waals surface area contributed by atoms with Crippen molar-refractivity contribution < 1.29 is 8.42 Å². The molecule has 0 aromatic heterocycles. The zero-order valence-electron chi connectivity index (χ0n) is 9.03. The first kappa shape index (κ1) is 12.6. The number of hydrogen-bond donors (Lipinski definition) is 2.